The highest BCUT2D eigenvalue weighted by Crippen LogP contribution is 2.68. The predicted octanol–water partition coefficient (Wildman–Crippen LogP) is 9.52. The van der Waals surface area contributed by atoms with Crippen LogP contribution in [0.4, 0.5) is 0 Å². The van der Waals surface area contributed by atoms with Crippen LogP contribution in [-0.2, 0) is 18.4 Å². The van der Waals surface area contributed by atoms with Crippen LogP contribution < -0.4 is 0 Å². The molecule has 248 valence electrons. The van der Waals surface area contributed by atoms with Crippen molar-refractivity contribution in [1.82, 2.24) is 0 Å². The molecule has 0 aromatic heterocycles. The first-order valence-electron chi connectivity index (χ1n) is 19.1. The van der Waals surface area contributed by atoms with Crippen molar-refractivity contribution in [2.75, 3.05) is 0 Å². The summed E-state index contributed by atoms with van der Waals surface area (Å²) >= 11 is 0. The van der Waals surface area contributed by atoms with E-state index in [4.69, 9.17) is 8.85 Å². The Kier molecular flexibility index (Phi) is 7.27. The average Bonchev–Trinajstić information content (AvgIpc) is 3.49. The van der Waals surface area contributed by atoms with E-state index in [-0.39, 0.29) is 21.7 Å². The first-order chi connectivity index (χ1) is 21.3. The summed E-state index contributed by atoms with van der Waals surface area (Å²) in [7, 11) is -2.36. The molecule has 0 aromatic rings. The summed E-state index contributed by atoms with van der Waals surface area (Å²) in [6, 6.07) is 0. The monoisotopic (exact) mass is 632 g/mol. The number of rotatable bonds is 4. The van der Waals surface area contributed by atoms with Gasteiger partial charge in [0, 0.05) is 12.8 Å². The normalized spacial score (nSPS) is 50.8. The molecule has 6 fully saturated rings. The van der Waals surface area contributed by atoms with Crippen LogP contribution in [0, 0.1) is 57.2 Å². The van der Waals surface area contributed by atoms with Gasteiger partial charge in [-0.3, -0.25) is 9.59 Å². The van der Waals surface area contributed by atoms with E-state index in [9.17, 15) is 9.59 Å². The molecule has 0 amide bonds. The minimum absolute atomic E-state index is 0.240. The zero-order valence-electron chi connectivity index (χ0n) is 29.2. The SMILES string of the molecule is C[C@]12CC[C@@H]3[C@H](CCC4=CC(=O)CC[C@@]43C)[C@H]1CC[C@H]2O[Si](C)(C)O[C@@H]1CC[C@@H]2[C@@H]3CCC4=CC(=O)CC[C@]4(C)[C@@H]3CC[C@@]21C. The molecule has 6 saturated carbocycles. The van der Waals surface area contributed by atoms with Crippen LogP contribution in [0.3, 0.4) is 0 Å². The Balaban J connectivity index is 0.951. The van der Waals surface area contributed by atoms with Gasteiger partial charge in [0.25, 0.3) is 0 Å². The van der Waals surface area contributed by atoms with Crippen LogP contribution >= 0.6 is 0 Å². The molecule has 8 aliphatic rings. The Morgan fingerprint density at radius 3 is 1.40 bits per heavy atom. The fourth-order valence-electron chi connectivity index (χ4n) is 14.1. The van der Waals surface area contributed by atoms with Crippen molar-refractivity contribution in [3.8, 4) is 0 Å². The first kappa shape index (κ1) is 31.2. The van der Waals surface area contributed by atoms with E-state index in [1.807, 2.05) is 12.2 Å². The summed E-state index contributed by atoms with van der Waals surface area (Å²) in [5.41, 5.74) is 3.93. The topological polar surface area (TPSA) is 52.6 Å². The maximum atomic E-state index is 12.3. The van der Waals surface area contributed by atoms with Crippen molar-refractivity contribution in [2.45, 2.75) is 156 Å². The second-order valence-electron chi connectivity index (χ2n) is 18.8. The molecule has 8 rings (SSSR count). The molecule has 0 N–H and O–H groups in total. The zero-order valence-corrected chi connectivity index (χ0v) is 30.2. The quantitative estimate of drug-likeness (QED) is 0.290. The van der Waals surface area contributed by atoms with E-state index in [1.165, 1.54) is 75.4 Å². The molecule has 0 spiro atoms. The van der Waals surface area contributed by atoms with Crippen molar-refractivity contribution < 1.29 is 18.4 Å². The van der Waals surface area contributed by atoms with Crippen molar-refractivity contribution in [3.05, 3.63) is 23.3 Å². The number of hydrogen-bond donors (Lipinski definition) is 0. The second kappa shape index (κ2) is 10.5. The van der Waals surface area contributed by atoms with Gasteiger partial charge in [-0.05, 0) is 172 Å². The highest BCUT2D eigenvalue weighted by Gasteiger charge is 2.62. The Morgan fingerprint density at radius 2 is 0.978 bits per heavy atom. The van der Waals surface area contributed by atoms with E-state index < -0.39 is 8.56 Å². The second-order valence-corrected chi connectivity index (χ2v) is 22.1. The fraction of sp³-hybridized carbons (Fsp3) is 0.850. The standard InChI is InChI=1S/C40H60O4Si/c1-37-19-15-27(41)23-25(37)7-9-29-31-11-13-35(39(31,3)21-17-33(29)37)43-45(5,6)44-36-14-12-32-30-10-8-26-24-28(42)16-20-38(26,2)34(30)18-22-40(32,36)4/h23-24,29-36H,7-22H2,1-6H3/t29-,30+,31-,32-,33-,34-,35-,36-,37+,38+,39+,40+/m1/s1. The molecular weight excluding hydrogens is 573 g/mol. The van der Waals surface area contributed by atoms with Crippen LogP contribution in [-0.4, -0.2) is 32.3 Å². The third kappa shape index (κ3) is 4.61. The molecule has 0 aromatic carbocycles. The summed E-state index contributed by atoms with van der Waals surface area (Å²) in [5, 5.41) is 0. The Hall–Kier alpha value is -1.04. The fourth-order valence-corrected chi connectivity index (χ4v) is 16.3. The number of hydrogen-bond acceptors (Lipinski definition) is 4. The minimum Gasteiger partial charge on any atom is -0.391 e. The largest absolute Gasteiger partial charge is 0.391 e. The van der Waals surface area contributed by atoms with Crippen molar-refractivity contribution in [2.24, 2.45) is 57.2 Å². The average molecular weight is 633 g/mol. The van der Waals surface area contributed by atoms with Gasteiger partial charge in [-0.25, -0.2) is 0 Å². The number of carbonyl (C=O) groups is 2. The number of carbonyl (C=O) groups excluding carboxylic acids is 2. The molecule has 8 aliphatic carbocycles. The van der Waals surface area contributed by atoms with E-state index in [0.29, 0.717) is 23.8 Å². The predicted molar refractivity (Wildman–Crippen MR) is 181 cm³/mol. The smallest absolute Gasteiger partial charge is 0.332 e. The zero-order chi connectivity index (χ0) is 31.6. The summed E-state index contributed by atoms with van der Waals surface area (Å²) in [5.74, 6) is 5.23. The number of ketones is 2. The van der Waals surface area contributed by atoms with E-state index >= 15 is 0 Å². The van der Waals surface area contributed by atoms with Gasteiger partial charge >= 0.3 is 8.56 Å². The van der Waals surface area contributed by atoms with Crippen LogP contribution in [0.25, 0.3) is 0 Å². The van der Waals surface area contributed by atoms with Gasteiger partial charge in [-0.1, -0.05) is 38.8 Å². The van der Waals surface area contributed by atoms with Crippen LogP contribution in [0.2, 0.25) is 13.1 Å². The number of fused-ring (bicyclic) bond motifs is 10. The van der Waals surface area contributed by atoms with Gasteiger partial charge in [0.15, 0.2) is 11.6 Å². The lowest BCUT2D eigenvalue weighted by Crippen LogP contribution is -2.55. The van der Waals surface area contributed by atoms with Gasteiger partial charge in [0.2, 0.25) is 0 Å². The number of allylic oxidation sites excluding steroid dienone is 2. The highest BCUT2D eigenvalue weighted by molar-refractivity contribution is 6.64. The van der Waals surface area contributed by atoms with Gasteiger partial charge in [0.05, 0.1) is 12.2 Å². The maximum absolute atomic E-state index is 12.3. The van der Waals surface area contributed by atoms with E-state index in [2.05, 4.69) is 40.8 Å². The lowest BCUT2D eigenvalue weighted by Gasteiger charge is -2.58. The lowest BCUT2D eigenvalue weighted by molar-refractivity contribution is -0.118. The van der Waals surface area contributed by atoms with Gasteiger partial charge in [0.1, 0.15) is 0 Å². The van der Waals surface area contributed by atoms with Gasteiger partial charge in [-0.15, -0.1) is 0 Å². The Bertz CT molecular complexity index is 1230. The Morgan fingerprint density at radius 1 is 0.556 bits per heavy atom. The molecule has 0 bridgehead atoms. The van der Waals surface area contributed by atoms with Crippen LogP contribution in [0.15, 0.2) is 23.3 Å². The molecule has 0 saturated heterocycles. The molecule has 12 atom stereocenters. The van der Waals surface area contributed by atoms with Crippen LogP contribution in [0.1, 0.15) is 130 Å². The molecule has 0 radical (unpaired) electrons. The molecular formula is C40H60O4Si. The minimum atomic E-state index is -2.36. The maximum Gasteiger partial charge on any atom is 0.332 e. The summed E-state index contributed by atoms with van der Waals surface area (Å²) < 4.78 is 14.6. The highest BCUT2D eigenvalue weighted by atomic mass is 28.4. The summed E-state index contributed by atoms with van der Waals surface area (Å²) in [6.07, 6.45) is 23.2. The molecule has 45 heavy (non-hydrogen) atoms. The third-order valence-corrected chi connectivity index (χ3v) is 18.3. The molecule has 0 heterocycles. The Labute approximate surface area is 274 Å². The summed E-state index contributed by atoms with van der Waals surface area (Å²) in [6.45, 7) is 14.9. The van der Waals surface area contributed by atoms with Gasteiger partial charge in [-0.2, -0.15) is 0 Å². The van der Waals surface area contributed by atoms with Gasteiger partial charge < -0.3 is 8.85 Å². The van der Waals surface area contributed by atoms with E-state index in [1.54, 1.807) is 0 Å². The van der Waals surface area contributed by atoms with E-state index in [0.717, 1.165) is 74.0 Å². The lowest BCUT2D eigenvalue weighted by atomic mass is 9.47. The molecule has 0 unspecified atom stereocenters. The first-order valence-corrected chi connectivity index (χ1v) is 21.9. The molecule has 0 aliphatic heterocycles. The molecule has 5 heteroatoms. The van der Waals surface area contributed by atoms with Crippen molar-refractivity contribution in [3.63, 3.8) is 0 Å². The van der Waals surface area contributed by atoms with Crippen molar-refractivity contribution in [1.29, 1.82) is 0 Å². The van der Waals surface area contributed by atoms with Crippen LogP contribution in [0.5, 0.6) is 0 Å². The third-order valence-electron chi connectivity index (χ3n) is 16.6. The summed E-state index contributed by atoms with van der Waals surface area (Å²) in [4.78, 5) is 24.5. The molecule has 4 nitrogen and oxygen atoms in total. The van der Waals surface area contributed by atoms with Crippen molar-refractivity contribution >= 4 is 20.1 Å².